The molecular weight excluding hydrogens is 348 g/mol. The standard InChI is InChI=1S/C15H10F4N2O4/c16-14(17)15(18,19)25-12-6-1-3-9(7-12)13(22)20-10-4-2-5-11(8-10)21(23)24/h1-8,14H,(H,20,22). The van der Waals surface area contributed by atoms with Gasteiger partial charge in [-0.25, -0.2) is 0 Å². The Bertz CT molecular complexity index is 799. The van der Waals surface area contributed by atoms with E-state index in [-0.39, 0.29) is 16.9 Å². The number of alkyl halides is 4. The maximum absolute atomic E-state index is 12.9. The molecule has 0 aliphatic heterocycles. The van der Waals surface area contributed by atoms with Crippen LogP contribution in [0.1, 0.15) is 10.4 Å². The highest BCUT2D eigenvalue weighted by atomic mass is 19.3. The van der Waals surface area contributed by atoms with Gasteiger partial charge in [-0.2, -0.15) is 17.6 Å². The summed E-state index contributed by atoms with van der Waals surface area (Å²) in [7, 11) is 0. The molecule has 0 aliphatic rings. The summed E-state index contributed by atoms with van der Waals surface area (Å²) >= 11 is 0. The molecular formula is C15H10F4N2O4. The molecule has 0 radical (unpaired) electrons. The average molecular weight is 358 g/mol. The molecule has 6 nitrogen and oxygen atoms in total. The van der Waals surface area contributed by atoms with Gasteiger partial charge >= 0.3 is 12.5 Å². The number of ether oxygens (including phenoxy) is 1. The Morgan fingerprint density at radius 2 is 1.84 bits per heavy atom. The zero-order valence-electron chi connectivity index (χ0n) is 12.3. The van der Waals surface area contributed by atoms with Crippen LogP contribution in [-0.4, -0.2) is 23.4 Å². The molecule has 0 aromatic heterocycles. The van der Waals surface area contributed by atoms with Gasteiger partial charge in [0.15, 0.2) is 0 Å². The quantitative estimate of drug-likeness (QED) is 0.479. The van der Waals surface area contributed by atoms with Crippen LogP contribution >= 0.6 is 0 Å². The highest BCUT2D eigenvalue weighted by molar-refractivity contribution is 6.04. The van der Waals surface area contributed by atoms with E-state index in [1.807, 2.05) is 0 Å². The minimum Gasteiger partial charge on any atom is -0.428 e. The van der Waals surface area contributed by atoms with Crippen LogP contribution in [0.2, 0.25) is 0 Å². The van der Waals surface area contributed by atoms with Gasteiger partial charge in [-0.1, -0.05) is 12.1 Å². The third kappa shape index (κ3) is 4.66. The molecule has 0 aliphatic carbocycles. The van der Waals surface area contributed by atoms with E-state index in [0.29, 0.717) is 0 Å². The predicted molar refractivity (Wildman–Crippen MR) is 79.1 cm³/mol. The Hall–Kier alpha value is -3.17. The number of hydrogen-bond donors (Lipinski definition) is 1. The van der Waals surface area contributed by atoms with Gasteiger partial charge in [0.05, 0.1) is 4.92 Å². The predicted octanol–water partition coefficient (Wildman–Crippen LogP) is 4.08. The second-order valence-electron chi connectivity index (χ2n) is 4.75. The smallest absolute Gasteiger partial charge is 0.428 e. The van der Waals surface area contributed by atoms with E-state index in [1.54, 1.807) is 0 Å². The molecule has 2 aromatic carbocycles. The lowest BCUT2D eigenvalue weighted by Gasteiger charge is -2.17. The van der Waals surface area contributed by atoms with Crippen LogP contribution in [0.4, 0.5) is 28.9 Å². The van der Waals surface area contributed by atoms with Gasteiger partial charge in [0.2, 0.25) is 0 Å². The van der Waals surface area contributed by atoms with Crippen molar-refractivity contribution in [3.8, 4) is 5.75 Å². The number of nitro groups is 1. The number of benzene rings is 2. The topological polar surface area (TPSA) is 81.5 Å². The number of carbonyl (C=O) groups excluding carboxylic acids is 1. The first kappa shape index (κ1) is 18.2. The van der Waals surface area contributed by atoms with E-state index < -0.39 is 29.1 Å². The third-order valence-corrected chi connectivity index (χ3v) is 2.92. The zero-order chi connectivity index (χ0) is 18.6. The van der Waals surface area contributed by atoms with Crippen molar-refractivity contribution in [1.82, 2.24) is 0 Å². The molecule has 0 spiro atoms. The summed E-state index contributed by atoms with van der Waals surface area (Å²) in [5, 5.41) is 13.0. The second kappa shape index (κ2) is 7.16. The summed E-state index contributed by atoms with van der Waals surface area (Å²) in [5.41, 5.74) is -0.316. The van der Waals surface area contributed by atoms with Crippen molar-refractivity contribution < 1.29 is 32.0 Å². The number of carbonyl (C=O) groups is 1. The van der Waals surface area contributed by atoms with Gasteiger partial charge in [-0.05, 0) is 24.3 Å². The number of nitrogens with zero attached hydrogens (tertiary/aromatic N) is 1. The SMILES string of the molecule is O=C(Nc1cccc([N+](=O)[O-])c1)c1cccc(OC(F)(F)C(F)F)c1. The number of rotatable bonds is 6. The molecule has 2 aromatic rings. The molecule has 132 valence electrons. The van der Waals surface area contributed by atoms with Gasteiger partial charge in [0.1, 0.15) is 5.75 Å². The first-order chi connectivity index (χ1) is 11.7. The van der Waals surface area contributed by atoms with Gasteiger partial charge in [-0.15, -0.1) is 0 Å². The zero-order valence-corrected chi connectivity index (χ0v) is 12.3. The number of nitro benzene ring substituents is 1. The van der Waals surface area contributed by atoms with Crippen LogP contribution in [0.15, 0.2) is 48.5 Å². The van der Waals surface area contributed by atoms with Crippen molar-refractivity contribution in [2.45, 2.75) is 12.5 Å². The van der Waals surface area contributed by atoms with Crippen LogP contribution in [0, 0.1) is 10.1 Å². The van der Waals surface area contributed by atoms with Crippen molar-refractivity contribution in [2.24, 2.45) is 0 Å². The van der Waals surface area contributed by atoms with Crippen LogP contribution in [0.25, 0.3) is 0 Å². The average Bonchev–Trinajstić information content (AvgIpc) is 2.54. The molecule has 0 saturated carbocycles. The maximum Gasteiger partial charge on any atom is 0.461 e. The molecule has 0 heterocycles. The van der Waals surface area contributed by atoms with Gasteiger partial charge < -0.3 is 10.1 Å². The van der Waals surface area contributed by atoms with Crippen molar-refractivity contribution in [2.75, 3.05) is 5.32 Å². The van der Waals surface area contributed by atoms with Crippen molar-refractivity contribution in [1.29, 1.82) is 0 Å². The van der Waals surface area contributed by atoms with E-state index in [9.17, 15) is 32.5 Å². The number of anilines is 1. The number of non-ortho nitro benzene ring substituents is 1. The molecule has 0 bridgehead atoms. The summed E-state index contributed by atoms with van der Waals surface area (Å²) in [6.07, 6.45) is -8.73. The maximum atomic E-state index is 12.9. The molecule has 1 amide bonds. The molecule has 0 atom stereocenters. The summed E-state index contributed by atoms with van der Waals surface area (Å²) in [5.74, 6) is -1.41. The van der Waals surface area contributed by atoms with Gasteiger partial charge in [0.25, 0.3) is 11.6 Å². The number of halogens is 4. The van der Waals surface area contributed by atoms with Crippen LogP contribution in [0.5, 0.6) is 5.75 Å². The fourth-order valence-electron chi connectivity index (χ4n) is 1.80. The minimum atomic E-state index is -4.70. The van der Waals surface area contributed by atoms with Crippen molar-refractivity contribution in [3.05, 3.63) is 64.2 Å². The molecule has 10 heteroatoms. The number of nitrogens with one attached hydrogen (secondary N) is 1. The van der Waals surface area contributed by atoms with Gasteiger partial charge in [-0.3, -0.25) is 14.9 Å². The Morgan fingerprint density at radius 3 is 2.48 bits per heavy atom. The Morgan fingerprint density at radius 1 is 1.16 bits per heavy atom. The van der Waals surface area contributed by atoms with E-state index in [2.05, 4.69) is 10.1 Å². The van der Waals surface area contributed by atoms with Crippen molar-refractivity contribution >= 4 is 17.3 Å². The summed E-state index contributed by atoms with van der Waals surface area (Å²) < 4.78 is 54.0. The highest BCUT2D eigenvalue weighted by Crippen LogP contribution is 2.28. The Balaban J connectivity index is 2.16. The summed E-state index contributed by atoms with van der Waals surface area (Å²) in [6.45, 7) is 0. The lowest BCUT2D eigenvalue weighted by Crippen LogP contribution is -2.33. The van der Waals surface area contributed by atoms with E-state index in [1.165, 1.54) is 30.3 Å². The minimum absolute atomic E-state index is 0.100. The first-order valence-corrected chi connectivity index (χ1v) is 6.70. The first-order valence-electron chi connectivity index (χ1n) is 6.70. The van der Waals surface area contributed by atoms with E-state index >= 15 is 0 Å². The second-order valence-corrected chi connectivity index (χ2v) is 4.75. The lowest BCUT2D eigenvalue weighted by atomic mass is 10.2. The molecule has 0 fully saturated rings. The van der Waals surface area contributed by atoms with E-state index in [0.717, 1.165) is 18.2 Å². The monoisotopic (exact) mass is 358 g/mol. The normalized spacial score (nSPS) is 11.2. The fourth-order valence-corrected chi connectivity index (χ4v) is 1.80. The third-order valence-electron chi connectivity index (χ3n) is 2.92. The lowest BCUT2D eigenvalue weighted by molar-refractivity contribution is -0.384. The molecule has 0 saturated heterocycles. The Labute approximate surface area is 138 Å². The summed E-state index contributed by atoms with van der Waals surface area (Å²) in [4.78, 5) is 22.1. The van der Waals surface area contributed by atoms with Crippen LogP contribution < -0.4 is 10.1 Å². The number of amides is 1. The largest absolute Gasteiger partial charge is 0.461 e. The van der Waals surface area contributed by atoms with Crippen LogP contribution in [0.3, 0.4) is 0 Å². The molecule has 25 heavy (non-hydrogen) atoms. The van der Waals surface area contributed by atoms with E-state index in [4.69, 9.17) is 0 Å². The number of hydrogen-bond acceptors (Lipinski definition) is 4. The fraction of sp³-hybridized carbons (Fsp3) is 0.133. The Kier molecular flexibility index (Phi) is 5.20. The molecule has 2 rings (SSSR count). The summed E-state index contributed by atoms with van der Waals surface area (Å²) in [6, 6.07) is 9.29. The highest BCUT2D eigenvalue weighted by Gasteiger charge is 2.44. The van der Waals surface area contributed by atoms with Gasteiger partial charge in [0, 0.05) is 23.4 Å². The van der Waals surface area contributed by atoms with Crippen LogP contribution in [-0.2, 0) is 0 Å². The molecule has 1 N–H and O–H groups in total. The van der Waals surface area contributed by atoms with Crippen molar-refractivity contribution in [3.63, 3.8) is 0 Å². The molecule has 0 unspecified atom stereocenters.